The van der Waals surface area contributed by atoms with E-state index in [-0.39, 0.29) is 5.91 Å². The average Bonchev–Trinajstić information content (AvgIpc) is 3.04. The van der Waals surface area contributed by atoms with E-state index in [2.05, 4.69) is 67.7 Å². The van der Waals surface area contributed by atoms with E-state index in [1.165, 1.54) is 67.2 Å². The molecular formula is C27H37NO. The molecule has 29 heavy (non-hydrogen) atoms. The zero-order valence-electron chi connectivity index (χ0n) is 18.3. The molecule has 0 aliphatic heterocycles. The van der Waals surface area contributed by atoms with Crippen LogP contribution in [0.2, 0.25) is 0 Å². The van der Waals surface area contributed by atoms with Crippen molar-refractivity contribution in [3.05, 3.63) is 59.7 Å². The van der Waals surface area contributed by atoms with E-state index in [9.17, 15) is 4.79 Å². The Morgan fingerprint density at radius 1 is 0.724 bits per heavy atom. The fourth-order valence-electron chi connectivity index (χ4n) is 4.94. The van der Waals surface area contributed by atoms with Gasteiger partial charge in [0.15, 0.2) is 0 Å². The normalized spacial score (nSPS) is 13.7. The van der Waals surface area contributed by atoms with Crippen LogP contribution < -0.4 is 5.32 Å². The highest BCUT2D eigenvalue weighted by molar-refractivity contribution is 6.00. The highest BCUT2D eigenvalue weighted by Gasteiger charge is 2.47. The van der Waals surface area contributed by atoms with Gasteiger partial charge in [-0.2, -0.15) is 0 Å². The Kier molecular flexibility index (Phi) is 7.91. The molecule has 2 aromatic carbocycles. The molecule has 3 rings (SSSR count). The number of carbonyl (C=O) groups is 1. The van der Waals surface area contributed by atoms with Gasteiger partial charge >= 0.3 is 0 Å². The van der Waals surface area contributed by atoms with Gasteiger partial charge in [0.25, 0.3) is 0 Å². The van der Waals surface area contributed by atoms with Gasteiger partial charge in [-0.05, 0) is 35.1 Å². The van der Waals surface area contributed by atoms with Crippen molar-refractivity contribution in [2.45, 2.75) is 83.5 Å². The Balaban J connectivity index is 1.64. The smallest absolute Gasteiger partial charge is 0.235 e. The molecule has 1 aliphatic carbocycles. The molecule has 0 radical (unpaired) electrons. The van der Waals surface area contributed by atoms with E-state index < -0.39 is 5.41 Å². The van der Waals surface area contributed by atoms with Gasteiger partial charge in [0.2, 0.25) is 5.91 Å². The largest absolute Gasteiger partial charge is 0.355 e. The van der Waals surface area contributed by atoms with Crippen LogP contribution in [0, 0.1) is 0 Å². The standard InChI is InChI=1S/C27H37NO/c1-3-5-6-7-8-9-10-15-21-28-26(29)27(20-4-2)24-18-13-11-16-22(24)23-17-12-14-19-25(23)27/h11-14,16-19H,3-10,15,20-21H2,1-2H3,(H,28,29). The number of unbranched alkanes of at least 4 members (excludes halogenated alkanes) is 7. The quantitative estimate of drug-likeness (QED) is 0.387. The summed E-state index contributed by atoms with van der Waals surface area (Å²) in [4.78, 5) is 13.6. The minimum absolute atomic E-state index is 0.180. The molecule has 0 spiro atoms. The van der Waals surface area contributed by atoms with Crippen LogP contribution in [0.4, 0.5) is 0 Å². The van der Waals surface area contributed by atoms with Crippen LogP contribution in [0.15, 0.2) is 48.5 Å². The first-order chi connectivity index (χ1) is 14.3. The lowest BCUT2D eigenvalue weighted by Crippen LogP contribution is -2.44. The molecular weight excluding hydrogens is 354 g/mol. The minimum atomic E-state index is -0.540. The van der Waals surface area contributed by atoms with Crippen LogP contribution >= 0.6 is 0 Å². The number of fused-ring (bicyclic) bond motifs is 3. The molecule has 2 heteroatoms. The summed E-state index contributed by atoms with van der Waals surface area (Å²) < 4.78 is 0. The van der Waals surface area contributed by atoms with Crippen molar-refractivity contribution in [1.82, 2.24) is 5.32 Å². The first-order valence-electron chi connectivity index (χ1n) is 11.7. The van der Waals surface area contributed by atoms with Crippen molar-refractivity contribution < 1.29 is 4.79 Å². The van der Waals surface area contributed by atoms with Gasteiger partial charge < -0.3 is 5.32 Å². The maximum Gasteiger partial charge on any atom is 0.235 e. The predicted octanol–water partition coefficient (Wildman–Crippen LogP) is 7.01. The summed E-state index contributed by atoms with van der Waals surface area (Å²) in [6.07, 6.45) is 12.1. The lowest BCUT2D eigenvalue weighted by atomic mass is 9.74. The molecule has 0 aromatic heterocycles. The molecule has 2 nitrogen and oxygen atoms in total. The topological polar surface area (TPSA) is 29.1 Å². The molecule has 0 unspecified atom stereocenters. The number of hydrogen-bond donors (Lipinski definition) is 1. The summed E-state index contributed by atoms with van der Waals surface area (Å²) >= 11 is 0. The van der Waals surface area contributed by atoms with Gasteiger partial charge in [0.05, 0.1) is 0 Å². The predicted molar refractivity (Wildman–Crippen MR) is 123 cm³/mol. The Bertz CT molecular complexity index is 749. The lowest BCUT2D eigenvalue weighted by molar-refractivity contribution is -0.125. The van der Waals surface area contributed by atoms with Crippen LogP contribution in [0.1, 0.15) is 89.2 Å². The zero-order valence-corrected chi connectivity index (χ0v) is 18.3. The lowest BCUT2D eigenvalue weighted by Gasteiger charge is -2.30. The Labute approximate surface area is 177 Å². The number of hydrogen-bond acceptors (Lipinski definition) is 1. The summed E-state index contributed by atoms with van der Waals surface area (Å²) in [5.74, 6) is 0.180. The highest BCUT2D eigenvalue weighted by atomic mass is 16.2. The monoisotopic (exact) mass is 391 g/mol. The number of rotatable bonds is 12. The van der Waals surface area contributed by atoms with E-state index in [1.54, 1.807) is 0 Å². The van der Waals surface area contributed by atoms with Crippen LogP contribution in [0.3, 0.4) is 0 Å². The van der Waals surface area contributed by atoms with Crippen LogP contribution in [0.25, 0.3) is 11.1 Å². The van der Waals surface area contributed by atoms with Crippen molar-refractivity contribution in [1.29, 1.82) is 0 Å². The molecule has 0 heterocycles. The zero-order chi connectivity index (χ0) is 20.5. The van der Waals surface area contributed by atoms with Gasteiger partial charge in [0, 0.05) is 6.54 Å². The number of amides is 1. The molecule has 0 bridgehead atoms. The third kappa shape index (κ3) is 4.57. The fourth-order valence-corrected chi connectivity index (χ4v) is 4.94. The summed E-state index contributed by atoms with van der Waals surface area (Å²) in [5, 5.41) is 3.30. The maximum atomic E-state index is 13.6. The molecule has 0 saturated heterocycles. The third-order valence-corrected chi connectivity index (χ3v) is 6.39. The van der Waals surface area contributed by atoms with Crippen molar-refractivity contribution in [3.63, 3.8) is 0 Å². The van der Waals surface area contributed by atoms with E-state index in [4.69, 9.17) is 0 Å². The first kappa shape index (κ1) is 21.6. The van der Waals surface area contributed by atoms with Crippen molar-refractivity contribution in [3.8, 4) is 11.1 Å². The fraction of sp³-hybridized carbons (Fsp3) is 0.519. The Morgan fingerprint density at radius 3 is 1.79 bits per heavy atom. The molecule has 1 aliphatic rings. The van der Waals surface area contributed by atoms with Gasteiger partial charge in [-0.1, -0.05) is 114 Å². The Hall–Kier alpha value is -2.09. The highest BCUT2D eigenvalue weighted by Crippen LogP contribution is 2.51. The van der Waals surface area contributed by atoms with Crippen molar-refractivity contribution >= 4 is 5.91 Å². The Morgan fingerprint density at radius 2 is 1.24 bits per heavy atom. The van der Waals surface area contributed by atoms with Crippen LogP contribution in [-0.2, 0) is 10.2 Å². The average molecular weight is 392 g/mol. The number of carbonyl (C=O) groups excluding carboxylic acids is 1. The van der Waals surface area contributed by atoms with Crippen molar-refractivity contribution in [2.75, 3.05) is 6.54 Å². The van der Waals surface area contributed by atoms with Gasteiger partial charge in [-0.25, -0.2) is 0 Å². The van der Waals surface area contributed by atoms with E-state index in [0.717, 1.165) is 25.8 Å². The molecule has 0 atom stereocenters. The second kappa shape index (κ2) is 10.6. The molecule has 2 aromatic rings. The summed E-state index contributed by atoms with van der Waals surface area (Å²) in [7, 11) is 0. The SMILES string of the molecule is CCCCCCCCCCNC(=O)C1(CCC)c2ccccc2-c2ccccc21. The maximum absolute atomic E-state index is 13.6. The van der Waals surface area contributed by atoms with Gasteiger partial charge in [-0.3, -0.25) is 4.79 Å². The first-order valence-corrected chi connectivity index (χ1v) is 11.7. The molecule has 0 saturated carbocycles. The van der Waals surface area contributed by atoms with Gasteiger partial charge in [-0.15, -0.1) is 0 Å². The summed E-state index contributed by atoms with van der Waals surface area (Å²) in [6, 6.07) is 16.9. The van der Waals surface area contributed by atoms with Gasteiger partial charge in [0.1, 0.15) is 5.41 Å². The summed E-state index contributed by atoms with van der Waals surface area (Å²) in [5.41, 5.74) is 4.26. The van der Waals surface area contributed by atoms with E-state index in [0.29, 0.717) is 0 Å². The van der Waals surface area contributed by atoms with E-state index >= 15 is 0 Å². The third-order valence-electron chi connectivity index (χ3n) is 6.39. The molecule has 156 valence electrons. The summed E-state index contributed by atoms with van der Waals surface area (Å²) in [6.45, 7) is 5.22. The van der Waals surface area contributed by atoms with Crippen LogP contribution in [-0.4, -0.2) is 12.5 Å². The molecule has 1 N–H and O–H groups in total. The number of benzene rings is 2. The molecule has 0 fully saturated rings. The number of nitrogens with one attached hydrogen (secondary N) is 1. The van der Waals surface area contributed by atoms with Crippen LogP contribution in [0.5, 0.6) is 0 Å². The molecule has 1 amide bonds. The van der Waals surface area contributed by atoms with Crippen molar-refractivity contribution in [2.24, 2.45) is 0 Å². The minimum Gasteiger partial charge on any atom is -0.355 e. The van der Waals surface area contributed by atoms with E-state index in [1.807, 2.05) is 0 Å². The second-order valence-corrected chi connectivity index (χ2v) is 8.48. The second-order valence-electron chi connectivity index (χ2n) is 8.48.